The van der Waals surface area contributed by atoms with Gasteiger partial charge in [0.15, 0.2) is 6.04 Å². The van der Waals surface area contributed by atoms with Gasteiger partial charge in [0, 0.05) is 5.41 Å². The summed E-state index contributed by atoms with van der Waals surface area (Å²) in [5.74, 6) is -0.159. The molecule has 1 aromatic heterocycles. The van der Waals surface area contributed by atoms with Crippen molar-refractivity contribution in [2.45, 2.75) is 24.3 Å². The van der Waals surface area contributed by atoms with Crippen LogP contribution in [0, 0.1) is 5.82 Å². The molecule has 1 aliphatic carbocycles. The van der Waals surface area contributed by atoms with Gasteiger partial charge in [-0.3, -0.25) is 4.79 Å². The minimum Gasteiger partial charge on any atom is -0.497 e. The standard InChI is InChI=1S/C20H19FN4O2/c1-27-16-8-4-14(5-9-16)20(10-11-20)17-12-25(24-23-17)18(19(22)26)13-2-6-15(21)7-3-13/h2-9,12,18H,10-11H2,1H3,(H2,22,26). The molecule has 1 atom stereocenters. The van der Waals surface area contributed by atoms with E-state index in [9.17, 15) is 9.18 Å². The van der Waals surface area contributed by atoms with Crippen LogP contribution in [0.1, 0.15) is 35.7 Å². The molecule has 6 nitrogen and oxygen atoms in total. The Kier molecular flexibility index (Phi) is 4.14. The summed E-state index contributed by atoms with van der Waals surface area (Å²) in [5.41, 5.74) is 7.87. The molecule has 1 aliphatic rings. The zero-order valence-electron chi connectivity index (χ0n) is 14.8. The molecule has 3 aromatic rings. The Morgan fingerprint density at radius 2 is 1.85 bits per heavy atom. The summed E-state index contributed by atoms with van der Waals surface area (Å²) in [7, 11) is 1.63. The van der Waals surface area contributed by atoms with Crippen molar-refractivity contribution in [3.63, 3.8) is 0 Å². The largest absolute Gasteiger partial charge is 0.497 e. The van der Waals surface area contributed by atoms with Crippen molar-refractivity contribution >= 4 is 5.91 Å². The number of ether oxygens (including phenoxy) is 1. The van der Waals surface area contributed by atoms with Crippen LogP contribution in [0.25, 0.3) is 0 Å². The Bertz CT molecular complexity index is 962. The Balaban J connectivity index is 1.67. The van der Waals surface area contributed by atoms with E-state index in [-0.39, 0.29) is 11.2 Å². The number of amides is 1. The van der Waals surface area contributed by atoms with Crippen LogP contribution in [-0.2, 0) is 10.2 Å². The molecule has 0 radical (unpaired) electrons. The number of hydrogen-bond donors (Lipinski definition) is 1. The van der Waals surface area contributed by atoms with Crippen LogP contribution in [-0.4, -0.2) is 28.0 Å². The van der Waals surface area contributed by atoms with Crippen molar-refractivity contribution in [2.75, 3.05) is 7.11 Å². The quantitative estimate of drug-likeness (QED) is 0.727. The fourth-order valence-corrected chi connectivity index (χ4v) is 3.44. The first kappa shape index (κ1) is 17.2. The third-order valence-electron chi connectivity index (χ3n) is 5.11. The van der Waals surface area contributed by atoms with E-state index in [1.165, 1.54) is 28.9 Å². The number of nitrogens with zero attached hydrogens (tertiary/aromatic N) is 3. The van der Waals surface area contributed by atoms with Gasteiger partial charge in [-0.25, -0.2) is 9.07 Å². The summed E-state index contributed by atoms with van der Waals surface area (Å²) in [6, 6.07) is 12.7. The van der Waals surface area contributed by atoms with Crippen LogP contribution in [0.2, 0.25) is 0 Å². The van der Waals surface area contributed by atoms with Gasteiger partial charge in [0.25, 0.3) is 0 Å². The van der Waals surface area contributed by atoms with Crippen LogP contribution in [0.15, 0.2) is 54.7 Å². The fraction of sp³-hybridized carbons (Fsp3) is 0.250. The second-order valence-corrected chi connectivity index (χ2v) is 6.75. The summed E-state index contributed by atoms with van der Waals surface area (Å²) >= 11 is 0. The van der Waals surface area contributed by atoms with Crippen LogP contribution in [0.3, 0.4) is 0 Å². The Hall–Kier alpha value is -3.22. The monoisotopic (exact) mass is 366 g/mol. The van der Waals surface area contributed by atoms with E-state index in [0.29, 0.717) is 5.56 Å². The maximum atomic E-state index is 13.2. The molecule has 4 rings (SSSR count). The first-order chi connectivity index (χ1) is 13.0. The molecule has 1 heterocycles. The van der Waals surface area contributed by atoms with E-state index in [1.807, 2.05) is 24.3 Å². The van der Waals surface area contributed by atoms with Gasteiger partial charge >= 0.3 is 0 Å². The molecule has 0 saturated heterocycles. The number of hydrogen-bond acceptors (Lipinski definition) is 4. The van der Waals surface area contributed by atoms with E-state index in [1.54, 1.807) is 13.3 Å². The Labute approximate surface area is 155 Å². The number of rotatable bonds is 6. The molecule has 2 aromatic carbocycles. The van der Waals surface area contributed by atoms with E-state index >= 15 is 0 Å². The molecule has 0 aliphatic heterocycles. The van der Waals surface area contributed by atoms with Gasteiger partial charge in [-0.05, 0) is 48.2 Å². The molecule has 0 spiro atoms. The van der Waals surface area contributed by atoms with Crippen LogP contribution < -0.4 is 10.5 Å². The normalized spacial score (nSPS) is 15.9. The predicted octanol–water partition coefficient (Wildman–Crippen LogP) is 2.58. The number of methoxy groups -OCH3 is 1. The number of aromatic nitrogens is 3. The molecule has 1 fully saturated rings. The highest BCUT2D eigenvalue weighted by atomic mass is 19.1. The zero-order valence-corrected chi connectivity index (χ0v) is 14.8. The molecule has 27 heavy (non-hydrogen) atoms. The topological polar surface area (TPSA) is 83.0 Å². The molecule has 138 valence electrons. The molecule has 2 N–H and O–H groups in total. The smallest absolute Gasteiger partial charge is 0.246 e. The highest BCUT2D eigenvalue weighted by Gasteiger charge is 2.48. The lowest BCUT2D eigenvalue weighted by Gasteiger charge is -2.15. The average molecular weight is 366 g/mol. The highest BCUT2D eigenvalue weighted by molar-refractivity contribution is 5.81. The predicted molar refractivity (Wildman–Crippen MR) is 96.8 cm³/mol. The number of halogens is 1. The molecule has 1 unspecified atom stereocenters. The van der Waals surface area contributed by atoms with Crippen LogP contribution in [0.4, 0.5) is 4.39 Å². The molecular weight excluding hydrogens is 347 g/mol. The van der Waals surface area contributed by atoms with Gasteiger partial charge in [-0.2, -0.15) is 0 Å². The van der Waals surface area contributed by atoms with Crippen molar-refractivity contribution < 1.29 is 13.9 Å². The second-order valence-electron chi connectivity index (χ2n) is 6.75. The summed E-state index contributed by atoms with van der Waals surface area (Å²) < 4.78 is 19.9. The molecule has 7 heteroatoms. The average Bonchev–Trinajstić information content (AvgIpc) is 3.35. The van der Waals surface area contributed by atoms with Crippen molar-refractivity contribution in [1.82, 2.24) is 15.0 Å². The zero-order chi connectivity index (χ0) is 19.0. The molecule has 0 bridgehead atoms. The first-order valence-corrected chi connectivity index (χ1v) is 8.65. The SMILES string of the molecule is COc1ccc(C2(c3cn(C(C(N)=O)c4ccc(F)cc4)nn3)CC2)cc1. The van der Waals surface area contributed by atoms with Crippen molar-refractivity contribution in [3.8, 4) is 5.75 Å². The lowest BCUT2D eigenvalue weighted by atomic mass is 9.93. The number of carbonyl (C=O) groups excluding carboxylic acids is 1. The summed E-state index contributed by atoms with van der Waals surface area (Å²) in [5, 5.41) is 8.47. The maximum absolute atomic E-state index is 13.2. The third-order valence-corrected chi connectivity index (χ3v) is 5.11. The summed E-state index contributed by atoms with van der Waals surface area (Å²) in [6.07, 6.45) is 3.67. The van der Waals surface area contributed by atoms with Crippen LogP contribution in [0.5, 0.6) is 5.75 Å². The maximum Gasteiger partial charge on any atom is 0.246 e. The van der Waals surface area contributed by atoms with Gasteiger partial charge in [0.1, 0.15) is 11.6 Å². The van der Waals surface area contributed by atoms with Gasteiger partial charge in [0.05, 0.1) is 19.0 Å². The second kappa shape index (κ2) is 6.50. The summed E-state index contributed by atoms with van der Waals surface area (Å²) in [6.45, 7) is 0. The fourth-order valence-electron chi connectivity index (χ4n) is 3.44. The number of primary amides is 1. The highest BCUT2D eigenvalue weighted by Crippen LogP contribution is 2.52. The molecular formula is C20H19FN4O2. The van der Waals surface area contributed by atoms with E-state index < -0.39 is 11.9 Å². The minimum absolute atomic E-state index is 0.199. The molecule has 1 saturated carbocycles. The number of nitrogens with two attached hydrogens (primary N) is 1. The lowest BCUT2D eigenvalue weighted by Crippen LogP contribution is -2.28. The van der Waals surface area contributed by atoms with Gasteiger partial charge in [-0.1, -0.05) is 29.5 Å². The van der Waals surface area contributed by atoms with E-state index in [2.05, 4.69) is 10.3 Å². The Morgan fingerprint density at radius 1 is 1.19 bits per heavy atom. The Morgan fingerprint density at radius 3 is 2.41 bits per heavy atom. The van der Waals surface area contributed by atoms with Crippen molar-refractivity contribution in [3.05, 3.63) is 77.4 Å². The van der Waals surface area contributed by atoms with Crippen molar-refractivity contribution in [1.29, 1.82) is 0 Å². The summed E-state index contributed by atoms with van der Waals surface area (Å²) in [4.78, 5) is 12.0. The third kappa shape index (κ3) is 3.05. The van der Waals surface area contributed by atoms with E-state index in [4.69, 9.17) is 10.5 Å². The van der Waals surface area contributed by atoms with E-state index in [0.717, 1.165) is 29.8 Å². The van der Waals surface area contributed by atoms with Crippen LogP contribution >= 0.6 is 0 Å². The van der Waals surface area contributed by atoms with Gasteiger partial charge < -0.3 is 10.5 Å². The lowest BCUT2D eigenvalue weighted by molar-refractivity contribution is -0.120. The molecule has 1 amide bonds. The van der Waals surface area contributed by atoms with Gasteiger partial charge in [0.2, 0.25) is 5.91 Å². The number of benzene rings is 2. The minimum atomic E-state index is -0.835. The first-order valence-electron chi connectivity index (χ1n) is 8.65. The number of carbonyl (C=O) groups is 1. The van der Waals surface area contributed by atoms with Crippen molar-refractivity contribution in [2.24, 2.45) is 5.73 Å². The van der Waals surface area contributed by atoms with Gasteiger partial charge in [-0.15, -0.1) is 5.10 Å².